The summed E-state index contributed by atoms with van der Waals surface area (Å²) in [5, 5.41) is 11.3. The molecule has 0 saturated heterocycles. The summed E-state index contributed by atoms with van der Waals surface area (Å²) in [7, 11) is 1.90. The predicted molar refractivity (Wildman–Crippen MR) is 79.0 cm³/mol. The number of carbonyl (C=O) groups is 1. The Bertz CT molecular complexity index is 840. The van der Waals surface area contributed by atoms with E-state index in [9.17, 15) is 4.79 Å². The van der Waals surface area contributed by atoms with Crippen LogP contribution >= 0.6 is 0 Å². The van der Waals surface area contributed by atoms with Gasteiger partial charge in [0.15, 0.2) is 5.69 Å². The Balaban J connectivity index is 2.03. The largest absolute Gasteiger partial charge is 0.382 e. The highest BCUT2D eigenvalue weighted by molar-refractivity contribution is 5.97. The fourth-order valence-electron chi connectivity index (χ4n) is 2.03. The number of pyridine rings is 1. The Morgan fingerprint density at radius 3 is 2.86 bits per heavy atom. The van der Waals surface area contributed by atoms with Crippen molar-refractivity contribution in [3.05, 3.63) is 36.2 Å². The van der Waals surface area contributed by atoms with Crippen LogP contribution in [0.1, 0.15) is 10.5 Å². The number of nitrogens with two attached hydrogens (primary N) is 2. The number of nitrogens with one attached hydrogen (secondary N) is 1. The SMILES string of the molecule is Cn1ccc2ccc(Nc3cc(N)nnc3C(N)=O)nc21. The predicted octanol–water partition coefficient (Wildman–Crippen LogP) is 0.788. The van der Waals surface area contributed by atoms with Crippen molar-refractivity contribution < 1.29 is 4.79 Å². The van der Waals surface area contributed by atoms with Crippen molar-refractivity contribution in [2.45, 2.75) is 0 Å². The molecular weight excluding hydrogens is 270 g/mol. The second kappa shape index (κ2) is 4.75. The Morgan fingerprint density at radius 2 is 2.10 bits per heavy atom. The fraction of sp³-hybridized carbons (Fsp3) is 0.0769. The van der Waals surface area contributed by atoms with E-state index in [-0.39, 0.29) is 11.5 Å². The van der Waals surface area contributed by atoms with Crippen LogP contribution in [0, 0.1) is 0 Å². The highest BCUT2D eigenvalue weighted by Crippen LogP contribution is 2.21. The maximum Gasteiger partial charge on any atom is 0.271 e. The highest BCUT2D eigenvalue weighted by atomic mass is 16.1. The topological polar surface area (TPSA) is 125 Å². The van der Waals surface area contributed by atoms with Gasteiger partial charge in [-0.2, -0.15) is 0 Å². The summed E-state index contributed by atoms with van der Waals surface area (Å²) in [6.45, 7) is 0. The third kappa shape index (κ3) is 2.34. The molecule has 8 nitrogen and oxygen atoms in total. The molecule has 3 rings (SSSR count). The lowest BCUT2D eigenvalue weighted by Crippen LogP contribution is -2.17. The van der Waals surface area contributed by atoms with Gasteiger partial charge in [-0.25, -0.2) is 4.98 Å². The first kappa shape index (κ1) is 12.9. The van der Waals surface area contributed by atoms with Crippen molar-refractivity contribution in [2.75, 3.05) is 11.1 Å². The molecule has 0 fully saturated rings. The molecule has 0 aliphatic carbocycles. The van der Waals surface area contributed by atoms with Gasteiger partial charge in [-0.3, -0.25) is 4.79 Å². The lowest BCUT2D eigenvalue weighted by molar-refractivity contribution is 0.0995. The number of anilines is 3. The molecule has 5 N–H and O–H groups in total. The van der Waals surface area contributed by atoms with E-state index in [4.69, 9.17) is 11.5 Å². The molecule has 3 aromatic heterocycles. The van der Waals surface area contributed by atoms with Gasteiger partial charge < -0.3 is 21.4 Å². The van der Waals surface area contributed by atoms with E-state index in [2.05, 4.69) is 20.5 Å². The van der Waals surface area contributed by atoms with Crippen LogP contribution in [0.2, 0.25) is 0 Å². The van der Waals surface area contributed by atoms with Crippen LogP contribution < -0.4 is 16.8 Å². The van der Waals surface area contributed by atoms with E-state index in [1.165, 1.54) is 6.07 Å². The molecule has 1 amide bonds. The van der Waals surface area contributed by atoms with E-state index in [1.54, 1.807) is 6.07 Å². The van der Waals surface area contributed by atoms with Gasteiger partial charge in [-0.05, 0) is 18.2 Å². The smallest absolute Gasteiger partial charge is 0.271 e. The van der Waals surface area contributed by atoms with Crippen LogP contribution in [0.5, 0.6) is 0 Å². The minimum absolute atomic E-state index is 0.0120. The van der Waals surface area contributed by atoms with E-state index < -0.39 is 5.91 Å². The van der Waals surface area contributed by atoms with Crippen LogP contribution in [0.25, 0.3) is 11.0 Å². The summed E-state index contributed by atoms with van der Waals surface area (Å²) in [5.74, 6) is 0.0478. The molecule has 0 aromatic carbocycles. The molecule has 0 bridgehead atoms. The molecular formula is C13H13N7O. The number of hydrogen-bond acceptors (Lipinski definition) is 6. The molecule has 0 saturated carbocycles. The third-order valence-corrected chi connectivity index (χ3v) is 3.03. The Kier molecular flexibility index (Phi) is 2.90. The number of aryl methyl sites for hydroxylation is 1. The zero-order valence-corrected chi connectivity index (χ0v) is 11.2. The van der Waals surface area contributed by atoms with Crippen molar-refractivity contribution in [1.82, 2.24) is 19.7 Å². The van der Waals surface area contributed by atoms with E-state index in [1.807, 2.05) is 29.9 Å². The van der Waals surface area contributed by atoms with Crippen molar-refractivity contribution in [3.63, 3.8) is 0 Å². The van der Waals surface area contributed by atoms with Gasteiger partial charge in [0.25, 0.3) is 5.91 Å². The van der Waals surface area contributed by atoms with Crippen molar-refractivity contribution in [3.8, 4) is 0 Å². The summed E-state index contributed by atoms with van der Waals surface area (Å²) >= 11 is 0. The number of rotatable bonds is 3. The molecule has 106 valence electrons. The summed E-state index contributed by atoms with van der Waals surface area (Å²) in [6, 6.07) is 7.17. The zero-order valence-electron chi connectivity index (χ0n) is 11.2. The van der Waals surface area contributed by atoms with Crippen LogP contribution in [0.4, 0.5) is 17.3 Å². The fourth-order valence-corrected chi connectivity index (χ4v) is 2.03. The number of nitrogen functional groups attached to an aromatic ring is 1. The zero-order chi connectivity index (χ0) is 15.0. The summed E-state index contributed by atoms with van der Waals surface area (Å²) < 4.78 is 1.90. The lowest BCUT2D eigenvalue weighted by atomic mass is 10.3. The minimum Gasteiger partial charge on any atom is -0.382 e. The normalized spacial score (nSPS) is 10.7. The Labute approximate surface area is 119 Å². The maximum absolute atomic E-state index is 11.4. The first-order valence-corrected chi connectivity index (χ1v) is 6.16. The molecule has 8 heteroatoms. The van der Waals surface area contributed by atoms with Crippen LogP contribution in [-0.2, 0) is 7.05 Å². The van der Waals surface area contributed by atoms with Gasteiger partial charge in [0.2, 0.25) is 0 Å². The van der Waals surface area contributed by atoms with Crippen LogP contribution in [0.15, 0.2) is 30.5 Å². The third-order valence-electron chi connectivity index (χ3n) is 3.03. The highest BCUT2D eigenvalue weighted by Gasteiger charge is 2.12. The molecule has 3 aromatic rings. The quantitative estimate of drug-likeness (QED) is 0.652. The van der Waals surface area contributed by atoms with E-state index in [0.29, 0.717) is 11.5 Å². The molecule has 0 unspecified atom stereocenters. The van der Waals surface area contributed by atoms with Crippen LogP contribution in [0.3, 0.4) is 0 Å². The average molecular weight is 283 g/mol. The molecule has 0 spiro atoms. The number of nitrogens with zero attached hydrogens (tertiary/aromatic N) is 4. The van der Waals surface area contributed by atoms with Crippen molar-refractivity contribution in [1.29, 1.82) is 0 Å². The first-order valence-electron chi connectivity index (χ1n) is 6.16. The van der Waals surface area contributed by atoms with Crippen molar-refractivity contribution >= 4 is 34.3 Å². The number of aromatic nitrogens is 4. The first-order chi connectivity index (χ1) is 10.0. The monoisotopic (exact) mass is 283 g/mol. The maximum atomic E-state index is 11.4. The summed E-state index contributed by atoms with van der Waals surface area (Å²) in [4.78, 5) is 15.8. The van der Waals surface area contributed by atoms with E-state index >= 15 is 0 Å². The van der Waals surface area contributed by atoms with Gasteiger partial charge in [0, 0.05) is 24.7 Å². The standard InChI is InChI=1S/C13H13N7O/c1-20-5-4-7-2-3-10(17-13(7)20)16-8-6-9(14)18-19-11(8)12(15)21/h2-6H,1H3,(H2,15,21)(H3,14,16,17,18). The number of primary amides is 1. The minimum atomic E-state index is -0.690. The number of hydrogen-bond donors (Lipinski definition) is 3. The second-order valence-electron chi connectivity index (χ2n) is 4.56. The molecule has 0 atom stereocenters. The number of fused-ring (bicyclic) bond motifs is 1. The van der Waals surface area contributed by atoms with Gasteiger partial charge >= 0.3 is 0 Å². The van der Waals surface area contributed by atoms with Gasteiger partial charge in [0.05, 0.1) is 5.69 Å². The van der Waals surface area contributed by atoms with E-state index in [0.717, 1.165) is 11.0 Å². The molecule has 0 aliphatic rings. The summed E-state index contributed by atoms with van der Waals surface area (Å²) in [6.07, 6.45) is 1.92. The second-order valence-corrected chi connectivity index (χ2v) is 4.56. The van der Waals surface area contributed by atoms with Gasteiger partial charge in [-0.1, -0.05) is 0 Å². The van der Waals surface area contributed by atoms with Gasteiger partial charge in [-0.15, -0.1) is 10.2 Å². The van der Waals surface area contributed by atoms with Crippen molar-refractivity contribution in [2.24, 2.45) is 12.8 Å². The Morgan fingerprint density at radius 1 is 1.29 bits per heavy atom. The molecule has 21 heavy (non-hydrogen) atoms. The number of carbonyl (C=O) groups excluding carboxylic acids is 1. The molecule has 0 aliphatic heterocycles. The molecule has 3 heterocycles. The summed E-state index contributed by atoms with van der Waals surface area (Å²) in [5.41, 5.74) is 12.1. The lowest BCUT2D eigenvalue weighted by Gasteiger charge is -2.09. The molecule has 0 radical (unpaired) electrons. The Hall–Kier alpha value is -3.16. The average Bonchev–Trinajstić information content (AvgIpc) is 2.80. The van der Waals surface area contributed by atoms with Crippen LogP contribution in [-0.4, -0.2) is 25.7 Å². The van der Waals surface area contributed by atoms with Gasteiger partial charge in [0.1, 0.15) is 17.3 Å². The number of amides is 1.